The first-order valence-corrected chi connectivity index (χ1v) is 6.47. The van der Waals surface area contributed by atoms with Gasteiger partial charge in [0.2, 0.25) is 0 Å². The molecule has 0 spiro atoms. The molecule has 2 nitrogen and oxygen atoms in total. The maximum absolute atomic E-state index is 11.7. The molecule has 1 aliphatic rings. The van der Waals surface area contributed by atoms with Crippen molar-refractivity contribution in [2.75, 3.05) is 32.2 Å². The molecule has 1 rings (SSSR count). The topological polar surface area (TPSA) is 21.3 Å². The summed E-state index contributed by atoms with van der Waals surface area (Å²) in [4.78, 5) is 0. The van der Waals surface area contributed by atoms with Crippen molar-refractivity contribution in [1.29, 1.82) is 0 Å². The molecule has 6 heteroatoms. The summed E-state index contributed by atoms with van der Waals surface area (Å²) in [6.45, 7) is 0.217. The van der Waals surface area contributed by atoms with Crippen molar-refractivity contribution in [1.82, 2.24) is 5.32 Å². The number of halogens is 4. The monoisotopic (exact) mass is 273 g/mol. The molecule has 102 valence electrons. The molecule has 0 radical (unpaired) electrons. The molecule has 0 aromatic heterocycles. The molecule has 0 aromatic rings. The zero-order chi connectivity index (χ0) is 12.7. The minimum atomic E-state index is -4.23. The van der Waals surface area contributed by atoms with Crippen molar-refractivity contribution < 1.29 is 17.9 Å². The molecule has 0 aliphatic heterocycles. The van der Waals surface area contributed by atoms with Gasteiger partial charge in [0.1, 0.15) is 6.61 Å². The van der Waals surface area contributed by atoms with Crippen LogP contribution in [0, 0.1) is 11.8 Å². The second-order valence-electron chi connectivity index (χ2n) is 4.48. The van der Waals surface area contributed by atoms with E-state index >= 15 is 0 Å². The van der Waals surface area contributed by atoms with Crippen molar-refractivity contribution in [3.63, 3.8) is 0 Å². The van der Waals surface area contributed by atoms with E-state index < -0.39 is 12.8 Å². The van der Waals surface area contributed by atoms with Crippen LogP contribution in [-0.2, 0) is 4.74 Å². The third-order valence-electron chi connectivity index (χ3n) is 3.11. The lowest BCUT2D eigenvalue weighted by atomic mass is 9.98. The van der Waals surface area contributed by atoms with Crippen molar-refractivity contribution >= 4 is 11.6 Å². The number of nitrogens with one attached hydrogen (secondary N) is 1. The maximum Gasteiger partial charge on any atom is 0.411 e. The van der Waals surface area contributed by atoms with Gasteiger partial charge in [-0.05, 0) is 31.2 Å². The number of hydrogen-bond donors (Lipinski definition) is 1. The highest BCUT2D eigenvalue weighted by molar-refractivity contribution is 6.18. The first kappa shape index (κ1) is 15.1. The Morgan fingerprint density at radius 3 is 2.59 bits per heavy atom. The average Bonchev–Trinajstić information content (AvgIpc) is 2.69. The van der Waals surface area contributed by atoms with Gasteiger partial charge in [-0.3, -0.25) is 0 Å². The van der Waals surface area contributed by atoms with Crippen LogP contribution in [-0.4, -0.2) is 38.4 Å². The van der Waals surface area contributed by atoms with Crippen LogP contribution in [0.1, 0.15) is 19.3 Å². The Kier molecular flexibility index (Phi) is 6.59. The lowest BCUT2D eigenvalue weighted by Crippen LogP contribution is -2.29. The van der Waals surface area contributed by atoms with E-state index in [9.17, 15) is 13.2 Å². The highest BCUT2D eigenvalue weighted by Crippen LogP contribution is 2.31. The van der Waals surface area contributed by atoms with E-state index in [0.29, 0.717) is 24.3 Å². The van der Waals surface area contributed by atoms with E-state index in [2.05, 4.69) is 10.1 Å². The second kappa shape index (κ2) is 7.44. The third-order valence-corrected chi connectivity index (χ3v) is 3.51. The van der Waals surface area contributed by atoms with Gasteiger partial charge < -0.3 is 10.1 Å². The lowest BCUT2D eigenvalue weighted by Gasteiger charge is -2.17. The van der Waals surface area contributed by atoms with Gasteiger partial charge in [-0.1, -0.05) is 6.42 Å². The van der Waals surface area contributed by atoms with Crippen molar-refractivity contribution in [3.05, 3.63) is 0 Å². The highest BCUT2D eigenvalue weighted by Gasteiger charge is 2.27. The average molecular weight is 274 g/mol. The zero-order valence-corrected chi connectivity index (χ0v) is 10.5. The fourth-order valence-electron chi connectivity index (χ4n) is 2.21. The number of hydrogen-bond acceptors (Lipinski definition) is 2. The predicted molar refractivity (Wildman–Crippen MR) is 61.3 cm³/mol. The normalized spacial score (nSPS) is 25.4. The minimum absolute atomic E-state index is 0.0950. The summed E-state index contributed by atoms with van der Waals surface area (Å²) in [6.07, 6.45) is -0.697. The zero-order valence-electron chi connectivity index (χ0n) is 9.73. The van der Waals surface area contributed by atoms with E-state index in [1.165, 1.54) is 12.8 Å². The van der Waals surface area contributed by atoms with Crippen LogP contribution in [0.25, 0.3) is 0 Å². The van der Waals surface area contributed by atoms with Gasteiger partial charge in [-0.15, -0.1) is 11.6 Å². The van der Waals surface area contributed by atoms with Crippen LogP contribution in [0.5, 0.6) is 0 Å². The molecule has 0 heterocycles. The van der Waals surface area contributed by atoms with Crippen LogP contribution >= 0.6 is 11.6 Å². The van der Waals surface area contributed by atoms with Gasteiger partial charge in [-0.25, -0.2) is 0 Å². The number of alkyl halides is 4. The first-order valence-electron chi connectivity index (χ1n) is 5.94. The van der Waals surface area contributed by atoms with Crippen molar-refractivity contribution in [3.8, 4) is 0 Å². The molecule has 0 amide bonds. The molecular formula is C11H19ClF3NO. The smallest absolute Gasteiger partial charge is 0.371 e. The molecule has 1 fully saturated rings. The molecular weight excluding hydrogens is 255 g/mol. The standard InChI is InChI=1S/C11H19ClF3NO/c12-6-9-2-1-3-10(9)7-16-4-5-17-8-11(13,14)15/h9-10,16H,1-8H2. The number of ether oxygens (including phenoxy) is 1. The molecule has 0 bridgehead atoms. The Balaban J connectivity index is 1.97. The molecule has 0 saturated heterocycles. The van der Waals surface area contributed by atoms with Gasteiger partial charge in [0.25, 0.3) is 0 Å². The molecule has 0 aromatic carbocycles. The van der Waals surface area contributed by atoms with E-state index in [1.807, 2.05) is 0 Å². The first-order chi connectivity index (χ1) is 8.03. The summed E-state index contributed by atoms with van der Waals surface area (Å²) in [5.74, 6) is 1.80. The summed E-state index contributed by atoms with van der Waals surface area (Å²) in [5, 5.41) is 3.13. The molecule has 1 N–H and O–H groups in total. The summed E-state index contributed by atoms with van der Waals surface area (Å²) in [5.41, 5.74) is 0. The van der Waals surface area contributed by atoms with Crippen LogP contribution < -0.4 is 5.32 Å². The van der Waals surface area contributed by atoms with Crippen LogP contribution in [0.2, 0.25) is 0 Å². The van der Waals surface area contributed by atoms with Crippen LogP contribution in [0.15, 0.2) is 0 Å². The summed E-state index contributed by atoms with van der Waals surface area (Å²) in [7, 11) is 0. The van der Waals surface area contributed by atoms with E-state index in [0.717, 1.165) is 13.0 Å². The largest absolute Gasteiger partial charge is 0.411 e. The summed E-state index contributed by atoms with van der Waals surface area (Å²) >= 11 is 5.84. The van der Waals surface area contributed by atoms with Gasteiger partial charge in [0.05, 0.1) is 6.61 Å². The molecule has 17 heavy (non-hydrogen) atoms. The van der Waals surface area contributed by atoms with Gasteiger partial charge in [0, 0.05) is 12.4 Å². The fourth-order valence-corrected chi connectivity index (χ4v) is 2.61. The highest BCUT2D eigenvalue weighted by atomic mass is 35.5. The second-order valence-corrected chi connectivity index (χ2v) is 4.79. The van der Waals surface area contributed by atoms with Gasteiger partial charge in [-0.2, -0.15) is 13.2 Å². The quantitative estimate of drug-likeness (QED) is 0.569. The molecule has 2 atom stereocenters. The van der Waals surface area contributed by atoms with Crippen molar-refractivity contribution in [2.45, 2.75) is 25.4 Å². The molecule has 1 aliphatic carbocycles. The van der Waals surface area contributed by atoms with E-state index in [4.69, 9.17) is 11.6 Å². The Morgan fingerprint density at radius 1 is 1.24 bits per heavy atom. The Labute approximate surface area is 105 Å². The predicted octanol–water partition coefficient (Wildman–Crippen LogP) is 2.81. The third kappa shape index (κ3) is 6.48. The lowest BCUT2D eigenvalue weighted by molar-refractivity contribution is -0.173. The van der Waals surface area contributed by atoms with Crippen LogP contribution in [0.4, 0.5) is 13.2 Å². The Hall–Kier alpha value is 0. The van der Waals surface area contributed by atoms with E-state index in [-0.39, 0.29) is 6.61 Å². The SMILES string of the molecule is FC(F)(F)COCCNCC1CCCC1CCl. The Bertz CT molecular complexity index is 213. The summed E-state index contributed by atoms with van der Waals surface area (Å²) in [6, 6.07) is 0. The summed E-state index contributed by atoms with van der Waals surface area (Å²) < 4.78 is 39.7. The molecule has 1 saturated carbocycles. The van der Waals surface area contributed by atoms with E-state index in [1.54, 1.807) is 0 Å². The fraction of sp³-hybridized carbons (Fsp3) is 1.00. The van der Waals surface area contributed by atoms with Gasteiger partial charge in [0.15, 0.2) is 0 Å². The van der Waals surface area contributed by atoms with Crippen LogP contribution in [0.3, 0.4) is 0 Å². The van der Waals surface area contributed by atoms with Gasteiger partial charge >= 0.3 is 6.18 Å². The molecule has 2 unspecified atom stereocenters. The minimum Gasteiger partial charge on any atom is -0.371 e. The van der Waals surface area contributed by atoms with Crippen molar-refractivity contribution in [2.24, 2.45) is 11.8 Å². The Morgan fingerprint density at radius 2 is 1.94 bits per heavy atom. The number of rotatable bonds is 7. The maximum atomic E-state index is 11.7.